The van der Waals surface area contributed by atoms with Crippen LogP contribution in [0.5, 0.6) is 0 Å². The topological polar surface area (TPSA) is 102 Å². The average Bonchev–Trinajstić information content (AvgIpc) is 2.63. The van der Waals surface area contributed by atoms with Crippen molar-refractivity contribution in [2.24, 2.45) is 0 Å². The fraction of sp³-hybridized carbons (Fsp3) is 0.474. The van der Waals surface area contributed by atoms with Crippen LogP contribution >= 0.6 is 0 Å². The number of imide groups is 1. The molecule has 0 saturated carbocycles. The molecule has 142 valence electrons. The second-order valence-corrected chi connectivity index (χ2v) is 5.83. The standard InChI is InChI=1S/C19H26N2O5/c1-3-5-14-6-8-15(9-7-14)16(22)10-11-18(24)26-13-17(23)21-19(25)20-12-4-2/h6-9H,3-5,10-13H2,1-2H3,(H2,20,21,23,25). The second kappa shape index (κ2) is 11.8. The molecule has 0 aromatic heterocycles. The number of esters is 1. The Kier molecular flexibility index (Phi) is 9.67. The van der Waals surface area contributed by atoms with Crippen LogP contribution in [-0.2, 0) is 20.7 Å². The fourth-order valence-electron chi connectivity index (χ4n) is 2.17. The molecular formula is C19H26N2O5. The quantitative estimate of drug-likeness (QED) is 0.491. The highest BCUT2D eigenvalue weighted by Gasteiger charge is 2.13. The number of rotatable bonds is 10. The molecule has 2 N–H and O–H groups in total. The lowest BCUT2D eigenvalue weighted by molar-refractivity contribution is -0.148. The number of hydrogen-bond acceptors (Lipinski definition) is 5. The van der Waals surface area contributed by atoms with Gasteiger partial charge >= 0.3 is 12.0 Å². The summed E-state index contributed by atoms with van der Waals surface area (Å²) < 4.78 is 4.76. The first-order valence-electron chi connectivity index (χ1n) is 8.81. The number of amides is 3. The zero-order chi connectivity index (χ0) is 19.4. The first-order valence-corrected chi connectivity index (χ1v) is 8.81. The van der Waals surface area contributed by atoms with Crippen molar-refractivity contribution >= 4 is 23.7 Å². The van der Waals surface area contributed by atoms with E-state index in [1.807, 2.05) is 24.4 Å². The van der Waals surface area contributed by atoms with Gasteiger partial charge in [0.15, 0.2) is 12.4 Å². The van der Waals surface area contributed by atoms with Gasteiger partial charge in [0.2, 0.25) is 0 Å². The maximum absolute atomic E-state index is 12.1. The summed E-state index contributed by atoms with van der Waals surface area (Å²) in [5.41, 5.74) is 1.71. The van der Waals surface area contributed by atoms with Crippen molar-refractivity contribution in [3.63, 3.8) is 0 Å². The summed E-state index contributed by atoms with van der Waals surface area (Å²) in [6.07, 6.45) is 2.62. The predicted octanol–water partition coefficient (Wildman–Crippen LogP) is 2.38. The summed E-state index contributed by atoms with van der Waals surface area (Å²) >= 11 is 0. The molecule has 7 nitrogen and oxygen atoms in total. The van der Waals surface area contributed by atoms with Gasteiger partial charge < -0.3 is 10.1 Å². The molecule has 0 fully saturated rings. The third kappa shape index (κ3) is 8.41. The van der Waals surface area contributed by atoms with Crippen LogP contribution in [0.25, 0.3) is 0 Å². The van der Waals surface area contributed by atoms with E-state index in [9.17, 15) is 19.2 Å². The second-order valence-electron chi connectivity index (χ2n) is 5.83. The van der Waals surface area contributed by atoms with Gasteiger partial charge in [0.05, 0.1) is 6.42 Å². The van der Waals surface area contributed by atoms with Crippen LogP contribution in [0.4, 0.5) is 4.79 Å². The molecule has 0 heterocycles. The van der Waals surface area contributed by atoms with Gasteiger partial charge in [-0.15, -0.1) is 0 Å². The lowest BCUT2D eigenvalue weighted by Gasteiger charge is -2.07. The van der Waals surface area contributed by atoms with Crippen molar-refractivity contribution in [2.45, 2.75) is 46.0 Å². The summed E-state index contributed by atoms with van der Waals surface area (Å²) in [5, 5.41) is 4.51. The van der Waals surface area contributed by atoms with E-state index in [1.165, 1.54) is 0 Å². The number of Topliss-reactive ketones (excluding diaryl/α,β-unsaturated/α-hetero) is 1. The average molecular weight is 362 g/mol. The van der Waals surface area contributed by atoms with Crippen molar-refractivity contribution in [1.29, 1.82) is 0 Å². The molecule has 26 heavy (non-hydrogen) atoms. The largest absolute Gasteiger partial charge is 0.456 e. The molecule has 0 spiro atoms. The normalized spacial score (nSPS) is 10.1. The number of urea groups is 1. The van der Waals surface area contributed by atoms with Crippen LogP contribution in [0.3, 0.4) is 0 Å². The van der Waals surface area contributed by atoms with Crippen molar-refractivity contribution in [3.8, 4) is 0 Å². The Labute approximate surface area is 153 Å². The summed E-state index contributed by atoms with van der Waals surface area (Å²) in [5.74, 6) is -1.54. The van der Waals surface area contributed by atoms with Gasteiger partial charge in [-0.25, -0.2) is 4.79 Å². The zero-order valence-corrected chi connectivity index (χ0v) is 15.3. The minimum Gasteiger partial charge on any atom is -0.456 e. The van der Waals surface area contributed by atoms with Crippen LogP contribution < -0.4 is 10.6 Å². The molecule has 0 bridgehead atoms. The first-order chi connectivity index (χ1) is 12.5. The Hall–Kier alpha value is -2.70. The van der Waals surface area contributed by atoms with Gasteiger partial charge in [-0.1, -0.05) is 44.5 Å². The Balaban J connectivity index is 2.29. The maximum Gasteiger partial charge on any atom is 0.321 e. The Morgan fingerprint density at radius 2 is 1.65 bits per heavy atom. The number of carbonyl (C=O) groups is 4. The summed E-state index contributed by atoms with van der Waals surface area (Å²) in [4.78, 5) is 46.4. The molecule has 1 aromatic rings. The van der Waals surface area contributed by atoms with Crippen molar-refractivity contribution in [2.75, 3.05) is 13.2 Å². The molecular weight excluding hydrogens is 336 g/mol. The number of aryl methyl sites for hydroxylation is 1. The van der Waals surface area contributed by atoms with Crippen LogP contribution in [0.1, 0.15) is 55.5 Å². The monoisotopic (exact) mass is 362 g/mol. The van der Waals surface area contributed by atoms with Crippen molar-refractivity contribution in [1.82, 2.24) is 10.6 Å². The molecule has 1 aromatic carbocycles. The van der Waals surface area contributed by atoms with E-state index >= 15 is 0 Å². The fourth-order valence-corrected chi connectivity index (χ4v) is 2.17. The van der Waals surface area contributed by atoms with Crippen LogP contribution in [0.2, 0.25) is 0 Å². The third-order valence-electron chi connectivity index (χ3n) is 3.52. The van der Waals surface area contributed by atoms with Gasteiger partial charge in [0, 0.05) is 18.5 Å². The molecule has 0 radical (unpaired) electrons. The van der Waals surface area contributed by atoms with Crippen LogP contribution in [0, 0.1) is 0 Å². The highest BCUT2D eigenvalue weighted by molar-refractivity contribution is 5.98. The predicted molar refractivity (Wildman–Crippen MR) is 96.8 cm³/mol. The van der Waals surface area contributed by atoms with E-state index in [2.05, 4.69) is 12.2 Å². The first kappa shape index (κ1) is 21.3. The molecule has 1 rings (SSSR count). The van der Waals surface area contributed by atoms with Gasteiger partial charge in [-0.2, -0.15) is 0 Å². The number of hydrogen-bond donors (Lipinski definition) is 2. The number of carbonyl (C=O) groups excluding carboxylic acids is 4. The van der Waals surface area contributed by atoms with E-state index in [4.69, 9.17) is 4.74 Å². The number of benzene rings is 1. The SMILES string of the molecule is CCCNC(=O)NC(=O)COC(=O)CCC(=O)c1ccc(CCC)cc1. The van der Waals surface area contributed by atoms with Crippen LogP contribution in [0.15, 0.2) is 24.3 Å². The molecule has 0 aliphatic heterocycles. The van der Waals surface area contributed by atoms with E-state index in [1.54, 1.807) is 12.1 Å². The lowest BCUT2D eigenvalue weighted by Crippen LogP contribution is -2.41. The Morgan fingerprint density at radius 1 is 0.962 bits per heavy atom. The van der Waals surface area contributed by atoms with E-state index < -0.39 is 24.5 Å². The molecule has 0 atom stereocenters. The molecule has 0 aliphatic rings. The van der Waals surface area contributed by atoms with Crippen LogP contribution in [-0.4, -0.2) is 36.8 Å². The molecule has 0 aliphatic carbocycles. The number of ketones is 1. The minimum absolute atomic E-state index is 0.00453. The Bertz CT molecular complexity index is 625. The van der Waals surface area contributed by atoms with Gasteiger partial charge in [-0.3, -0.25) is 19.7 Å². The summed E-state index contributed by atoms with van der Waals surface area (Å²) in [7, 11) is 0. The molecule has 0 unspecified atom stereocenters. The Morgan fingerprint density at radius 3 is 2.27 bits per heavy atom. The third-order valence-corrected chi connectivity index (χ3v) is 3.52. The lowest BCUT2D eigenvalue weighted by atomic mass is 10.0. The molecule has 3 amide bonds. The highest BCUT2D eigenvalue weighted by atomic mass is 16.5. The zero-order valence-electron chi connectivity index (χ0n) is 15.3. The molecule has 0 saturated heterocycles. The maximum atomic E-state index is 12.1. The minimum atomic E-state index is -0.718. The highest BCUT2D eigenvalue weighted by Crippen LogP contribution is 2.10. The van der Waals surface area contributed by atoms with E-state index in [-0.39, 0.29) is 18.6 Å². The van der Waals surface area contributed by atoms with E-state index in [0.717, 1.165) is 24.8 Å². The summed E-state index contributed by atoms with van der Waals surface area (Å²) in [6, 6.07) is 6.68. The van der Waals surface area contributed by atoms with E-state index in [0.29, 0.717) is 12.1 Å². The molecule has 7 heteroatoms. The smallest absolute Gasteiger partial charge is 0.321 e. The summed E-state index contributed by atoms with van der Waals surface area (Å²) in [6.45, 7) is 3.85. The van der Waals surface area contributed by atoms with Gasteiger partial charge in [-0.05, 0) is 18.4 Å². The number of ether oxygens (including phenoxy) is 1. The number of nitrogens with one attached hydrogen (secondary N) is 2. The van der Waals surface area contributed by atoms with Crippen molar-refractivity contribution in [3.05, 3.63) is 35.4 Å². The van der Waals surface area contributed by atoms with Gasteiger partial charge in [0.25, 0.3) is 5.91 Å². The van der Waals surface area contributed by atoms with Gasteiger partial charge in [0.1, 0.15) is 0 Å². The van der Waals surface area contributed by atoms with Crippen molar-refractivity contribution < 1.29 is 23.9 Å².